The van der Waals surface area contributed by atoms with Crippen LogP contribution in [0.15, 0.2) is 101 Å². The Labute approximate surface area is 185 Å². The van der Waals surface area contributed by atoms with Crippen molar-refractivity contribution in [2.75, 3.05) is 0 Å². The Balaban J connectivity index is 1.75. The summed E-state index contributed by atoms with van der Waals surface area (Å²) in [6, 6.07) is 27.6. The molecule has 0 N–H and O–H groups in total. The summed E-state index contributed by atoms with van der Waals surface area (Å²) in [6.45, 7) is 4.08. The fourth-order valence-electron chi connectivity index (χ4n) is 3.98. The summed E-state index contributed by atoms with van der Waals surface area (Å²) in [6.07, 6.45) is 0. The first-order valence-corrected chi connectivity index (χ1v) is 10.5. The van der Waals surface area contributed by atoms with Crippen LogP contribution in [0.4, 0.5) is 0 Å². The van der Waals surface area contributed by atoms with Crippen LogP contribution in [0.1, 0.15) is 11.1 Å². The molecule has 0 bridgehead atoms. The van der Waals surface area contributed by atoms with Crippen LogP contribution in [0.5, 0.6) is 11.5 Å². The van der Waals surface area contributed by atoms with E-state index in [0.29, 0.717) is 28.0 Å². The van der Waals surface area contributed by atoms with Gasteiger partial charge in [0.05, 0.1) is 5.69 Å². The normalized spacial score (nSPS) is 11.1. The summed E-state index contributed by atoms with van der Waals surface area (Å²) in [7, 11) is 0. The summed E-state index contributed by atoms with van der Waals surface area (Å²) >= 11 is 0. The van der Waals surface area contributed by atoms with Gasteiger partial charge in [-0.2, -0.15) is 0 Å². The molecule has 0 aliphatic rings. The molecular weight excluding hydrogens is 398 g/mol. The molecule has 0 unspecified atom stereocenters. The van der Waals surface area contributed by atoms with Crippen molar-refractivity contribution in [1.29, 1.82) is 0 Å². The molecule has 0 fully saturated rings. The number of ether oxygens (including phenoxy) is 1. The summed E-state index contributed by atoms with van der Waals surface area (Å²) in [5.41, 5.74) is 2.07. The lowest BCUT2D eigenvalue weighted by Gasteiger charge is -2.10. The predicted octanol–water partition coefficient (Wildman–Crippen LogP) is 5.91. The molecule has 5 aromatic rings. The highest BCUT2D eigenvalue weighted by Crippen LogP contribution is 2.26. The first kappa shape index (κ1) is 19.8. The minimum absolute atomic E-state index is 0.356. The number of aryl methyl sites for hydroxylation is 2. The lowest BCUT2D eigenvalue weighted by atomic mass is 10.1. The molecule has 5 rings (SSSR count). The quantitative estimate of drug-likeness (QED) is 0.365. The van der Waals surface area contributed by atoms with E-state index in [9.17, 15) is 9.59 Å². The van der Waals surface area contributed by atoms with Crippen LogP contribution in [0, 0.1) is 13.8 Å². The first-order chi connectivity index (χ1) is 15.5. The van der Waals surface area contributed by atoms with Crippen molar-refractivity contribution in [3.05, 3.63) is 123 Å². The Bertz CT molecular complexity index is 1540. The van der Waals surface area contributed by atoms with Gasteiger partial charge in [0.25, 0.3) is 11.1 Å². The predicted molar refractivity (Wildman–Crippen MR) is 129 cm³/mol. The zero-order valence-corrected chi connectivity index (χ0v) is 17.8. The molecule has 4 aromatic carbocycles. The van der Waals surface area contributed by atoms with E-state index in [1.165, 1.54) is 10.1 Å². The van der Waals surface area contributed by atoms with E-state index in [0.717, 1.165) is 16.3 Å². The highest BCUT2D eigenvalue weighted by molar-refractivity contribution is 6.05. The smallest absolute Gasteiger partial charge is 0.265 e. The molecule has 0 atom stereocenters. The maximum Gasteiger partial charge on any atom is 0.265 e. The van der Waals surface area contributed by atoms with E-state index in [1.54, 1.807) is 30.3 Å². The number of nitrogens with zero attached hydrogens (tertiary/aromatic N) is 1. The Morgan fingerprint density at radius 2 is 1.12 bits per heavy atom. The van der Waals surface area contributed by atoms with Crippen molar-refractivity contribution in [2.45, 2.75) is 13.8 Å². The van der Waals surface area contributed by atoms with Crippen LogP contribution in [0.2, 0.25) is 0 Å². The largest absolute Gasteiger partial charge is 0.457 e. The number of benzene rings is 4. The fraction of sp³-hybridized carbons (Fsp3) is 0.0714. The molecule has 0 amide bonds. The second-order valence-electron chi connectivity index (χ2n) is 7.88. The third-order valence-electron chi connectivity index (χ3n) is 5.80. The van der Waals surface area contributed by atoms with Gasteiger partial charge >= 0.3 is 0 Å². The summed E-state index contributed by atoms with van der Waals surface area (Å²) in [5, 5.41) is 2.50. The molecule has 4 nitrogen and oxygen atoms in total. The third kappa shape index (κ3) is 3.36. The van der Waals surface area contributed by atoms with Gasteiger partial charge in [0.15, 0.2) is 0 Å². The average molecular weight is 419 g/mol. The molecule has 1 aromatic heterocycles. The van der Waals surface area contributed by atoms with Gasteiger partial charge in [0.2, 0.25) is 0 Å². The number of aromatic nitrogens is 1. The van der Waals surface area contributed by atoms with Gasteiger partial charge < -0.3 is 4.74 Å². The topological polar surface area (TPSA) is 48.3 Å². The van der Waals surface area contributed by atoms with E-state index in [2.05, 4.69) is 0 Å². The number of hydrogen-bond acceptors (Lipinski definition) is 3. The van der Waals surface area contributed by atoms with Crippen molar-refractivity contribution >= 4 is 21.5 Å². The Hall–Kier alpha value is -4.18. The van der Waals surface area contributed by atoms with Gasteiger partial charge in [-0.15, -0.1) is 0 Å². The Morgan fingerprint density at radius 1 is 0.562 bits per heavy atom. The monoisotopic (exact) mass is 419 g/mol. The molecule has 0 saturated carbocycles. The van der Waals surface area contributed by atoms with Gasteiger partial charge in [0, 0.05) is 16.8 Å². The molecule has 0 spiro atoms. The molecule has 156 valence electrons. The number of rotatable bonds is 3. The van der Waals surface area contributed by atoms with Crippen molar-refractivity contribution < 1.29 is 4.74 Å². The molecule has 0 aliphatic carbocycles. The van der Waals surface area contributed by atoms with Crippen LogP contribution in [0.25, 0.3) is 27.2 Å². The molecule has 0 aliphatic heterocycles. The van der Waals surface area contributed by atoms with E-state index in [4.69, 9.17) is 4.74 Å². The zero-order valence-electron chi connectivity index (χ0n) is 17.8. The van der Waals surface area contributed by atoms with Crippen LogP contribution >= 0.6 is 0 Å². The highest BCUT2D eigenvalue weighted by atomic mass is 16.5. The SMILES string of the molecule is Cc1ccc(Oc2cccc(-n3c(=O)c4ccccc4c4ccccc4c3=O)c2)cc1C. The average Bonchev–Trinajstić information content (AvgIpc) is 2.90. The molecule has 32 heavy (non-hydrogen) atoms. The number of hydrogen-bond donors (Lipinski definition) is 0. The van der Waals surface area contributed by atoms with E-state index in [1.807, 2.05) is 74.5 Å². The maximum atomic E-state index is 13.5. The minimum Gasteiger partial charge on any atom is -0.457 e. The summed E-state index contributed by atoms with van der Waals surface area (Å²) < 4.78 is 7.27. The lowest BCUT2D eigenvalue weighted by molar-refractivity contribution is 0.482. The van der Waals surface area contributed by atoms with Crippen molar-refractivity contribution in [3.63, 3.8) is 0 Å². The molecule has 0 saturated heterocycles. The summed E-state index contributed by atoms with van der Waals surface area (Å²) in [4.78, 5) is 27.1. The van der Waals surface area contributed by atoms with Gasteiger partial charge in [-0.3, -0.25) is 9.59 Å². The van der Waals surface area contributed by atoms with E-state index < -0.39 is 0 Å². The first-order valence-electron chi connectivity index (χ1n) is 10.5. The maximum absolute atomic E-state index is 13.5. The molecular formula is C28H21NO3. The standard InChI is InChI=1S/C28H21NO3/c1-18-14-15-22(16-19(18)2)32-21-9-7-8-20(17-21)29-27(30)25-12-5-3-10-23(25)24-11-4-6-13-26(24)28(29)31/h3-17H,1-2H3. The van der Waals surface area contributed by atoms with Gasteiger partial charge in [-0.25, -0.2) is 4.57 Å². The number of fused-ring (bicyclic) bond motifs is 3. The lowest BCUT2D eigenvalue weighted by Crippen LogP contribution is -2.28. The fourth-order valence-corrected chi connectivity index (χ4v) is 3.98. The van der Waals surface area contributed by atoms with E-state index >= 15 is 0 Å². The second kappa shape index (κ2) is 7.82. The van der Waals surface area contributed by atoms with Crippen LogP contribution in [-0.4, -0.2) is 4.57 Å². The van der Waals surface area contributed by atoms with Gasteiger partial charge in [-0.1, -0.05) is 48.5 Å². The summed E-state index contributed by atoms with van der Waals surface area (Å²) in [5.74, 6) is 1.26. The van der Waals surface area contributed by atoms with Crippen molar-refractivity contribution in [3.8, 4) is 17.2 Å². The second-order valence-corrected chi connectivity index (χ2v) is 7.88. The van der Waals surface area contributed by atoms with Crippen molar-refractivity contribution in [2.24, 2.45) is 0 Å². The van der Waals surface area contributed by atoms with Crippen LogP contribution in [0.3, 0.4) is 0 Å². The van der Waals surface area contributed by atoms with Gasteiger partial charge in [-0.05, 0) is 72.1 Å². The molecule has 0 radical (unpaired) electrons. The van der Waals surface area contributed by atoms with E-state index in [-0.39, 0.29) is 11.1 Å². The molecule has 4 heteroatoms. The zero-order chi connectivity index (χ0) is 22.2. The molecule has 1 heterocycles. The Morgan fingerprint density at radius 3 is 1.72 bits per heavy atom. The van der Waals surface area contributed by atoms with Crippen LogP contribution in [-0.2, 0) is 0 Å². The Kier molecular flexibility index (Phi) is 4.83. The van der Waals surface area contributed by atoms with Gasteiger partial charge in [0.1, 0.15) is 11.5 Å². The third-order valence-corrected chi connectivity index (χ3v) is 5.80. The van der Waals surface area contributed by atoms with Crippen LogP contribution < -0.4 is 15.9 Å². The minimum atomic E-state index is -0.356. The van der Waals surface area contributed by atoms with Crippen molar-refractivity contribution in [1.82, 2.24) is 4.57 Å². The highest BCUT2D eigenvalue weighted by Gasteiger charge is 2.13.